The third-order valence-corrected chi connectivity index (χ3v) is 1.83. The smallest absolute Gasteiger partial charge is 0.303 e. The van der Waals surface area contributed by atoms with Crippen LogP contribution in [0.1, 0.15) is 19.8 Å². The molecule has 0 radical (unpaired) electrons. The quantitative estimate of drug-likeness (QED) is 0.587. The van der Waals surface area contributed by atoms with Crippen molar-refractivity contribution in [3.8, 4) is 0 Å². The van der Waals surface area contributed by atoms with Crippen LogP contribution < -0.4 is 5.32 Å². The maximum absolute atomic E-state index is 11.2. The van der Waals surface area contributed by atoms with Crippen LogP contribution >= 0.6 is 0 Å². The number of carboxylic acid groups (broad SMARTS) is 1. The van der Waals surface area contributed by atoms with Gasteiger partial charge >= 0.3 is 5.97 Å². The first-order chi connectivity index (χ1) is 7.01. The second-order valence-electron chi connectivity index (χ2n) is 3.09. The Balaban J connectivity index is 3.89. The number of aliphatic carboxylic acids is 1. The van der Waals surface area contributed by atoms with Crippen molar-refractivity contribution in [3.63, 3.8) is 0 Å². The van der Waals surface area contributed by atoms with E-state index in [2.05, 4.69) is 5.32 Å². The molecule has 0 fully saturated rings. The number of carboxylic acids is 1. The van der Waals surface area contributed by atoms with E-state index >= 15 is 0 Å². The number of amides is 1. The van der Waals surface area contributed by atoms with Gasteiger partial charge in [-0.05, 0) is 6.92 Å². The molecule has 0 bridgehead atoms. The highest BCUT2D eigenvalue weighted by Crippen LogP contribution is 1.99. The maximum atomic E-state index is 11.2. The van der Waals surface area contributed by atoms with Crippen LogP contribution in [0, 0.1) is 0 Å². The van der Waals surface area contributed by atoms with Gasteiger partial charge in [0.25, 0.3) is 0 Å². The van der Waals surface area contributed by atoms with Crippen LogP contribution in [0.25, 0.3) is 0 Å². The van der Waals surface area contributed by atoms with E-state index in [1.54, 1.807) is 6.92 Å². The first kappa shape index (κ1) is 13.9. The summed E-state index contributed by atoms with van der Waals surface area (Å²) in [5, 5.41) is 11.0. The van der Waals surface area contributed by atoms with Crippen molar-refractivity contribution in [3.05, 3.63) is 0 Å². The Morgan fingerprint density at radius 1 is 1.27 bits per heavy atom. The lowest BCUT2D eigenvalue weighted by Crippen LogP contribution is -2.42. The highest BCUT2D eigenvalue weighted by atomic mass is 16.7. The molecule has 2 N–H and O–H groups in total. The van der Waals surface area contributed by atoms with Gasteiger partial charge in [0, 0.05) is 20.6 Å². The van der Waals surface area contributed by atoms with Crippen molar-refractivity contribution in [1.29, 1.82) is 0 Å². The molecule has 15 heavy (non-hydrogen) atoms. The van der Waals surface area contributed by atoms with Gasteiger partial charge in [0.15, 0.2) is 6.29 Å². The zero-order valence-electron chi connectivity index (χ0n) is 9.15. The van der Waals surface area contributed by atoms with Crippen LogP contribution in [0.5, 0.6) is 0 Å². The Morgan fingerprint density at radius 3 is 2.20 bits per heavy atom. The van der Waals surface area contributed by atoms with E-state index in [-0.39, 0.29) is 24.8 Å². The number of hydrogen-bond acceptors (Lipinski definition) is 4. The van der Waals surface area contributed by atoms with Gasteiger partial charge in [0.05, 0.1) is 12.5 Å². The standard InChI is InChI=1S/C9H17NO5/c1-6(9(14-2)15-3)10-7(11)4-5-8(12)13/h6,9H,4-5H2,1-3H3,(H,10,11)(H,12,13). The minimum Gasteiger partial charge on any atom is -0.481 e. The van der Waals surface area contributed by atoms with Gasteiger partial charge in [-0.15, -0.1) is 0 Å². The first-order valence-corrected chi connectivity index (χ1v) is 4.58. The topological polar surface area (TPSA) is 84.9 Å². The van der Waals surface area contributed by atoms with E-state index in [1.165, 1.54) is 14.2 Å². The number of methoxy groups -OCH3 is 2. The number of hydrogen-bond donors (Lipinski definition) is 2. The molecule has 0 heterocycles. The molecular formula is C9H17NO5. The predicted molar refractivity (Wildman–Crippen MR) is 52.3 cm³/mol. The fourth-order valence-corrected chi connectivity index (χ4v) is 1.12. The van der Waals surface area contributed by atoms with Gasteiger partial charge in [-0.2, -0.15) is 0 Å². The van der Waals surface area contributed by atoms with Crippen molar-refractivity contribution < 1.29 is 24.2 Å². The lowest BCUT2D eigenvalue weighted by molar-refractivity contribution is -0.141. The van der Waals surface area contributed by atoms with E-state index in [0.29, 0.717) is 0 Å². The molecule has 0 aromatic heterocycles. The minimum absolute atomic E-state index is 0.0418. The second-order valence-corrected chi connectivity index (χ2v) is 3.09. The molecule has 0 aliphatic heterocycles. The van der Waals surface area contributed by atoms with Gasteiger partial charge < -0.3 is 19.9 Å². The Hall–Kier alpha value is -1.14. The van der Waals surface area contributed by atoms with Crippen LogP contribution in [-0.2, 0) is 19.1 Å². The van der Waals surface area contributed by atoms with Crippen molar-refractivity contribution in [1.82, 2.24) is 5.32 Å². The summed E-state index contributed by atoms with van der Waals surface area (Å²) in [7, 11) is 2.93. The Labute approximate surface area is 88.6 Å². The maximum Gasteiger partial charge on any atom is 0.303 e. The number of ether oxygens (including phenoxy) is 2. The number of rotatable bonds is 7. The molecule has 1 atom stereocenters. The van der Waals surface area contributed by atoms with Crippen LogP contribution in [0.15, 0.2) is 0 Å². The molecule has 0 aromatic rings. The van der Waals surface area contributed by atoms with E-state index in [9.17, 15) is 9.59 Å². The number of carbonyl (C=O) groups excluding carboxylic acids is 1. The molecule has 0 saturated carbocycles. The fourth-order valence-electron chi connectivity index (χ4n) is 1.12. The molecule has 1 amide bonds. The van der Waals surface area contributed by atoms with Crippen LogP contribution in [0.2, 0.25) is 0 Å². The predicted octanol–water partition coefficient (Wildman–Crippen LogP) is -0.0252. The molecule has 0 aromatic carbocycles. The summed E-state index contributed by atoms with van der Waals surface area (Å²) in [5.41, 5.74) is 0. The summed E-state index contributed by atoms with van der Waals surface area (Å²) in [4.78, 5) is 21.4. The molecule has 0 spiro atoms. The summed E-state index contributed by atoms with van der Waals surface area (Å²) in [6.45, 7) is 1.72. The highest BCUT2D eigenvalue weighted by Gasteiger charge is 2.17. The lowest BCUT2D eigenvalue weighted by Gasteiger charge is -2.21. The zero-order valence-corrected chi connectivity index (χ0v) is 9.15. The van der Waals surface area contributed by atoms with Crippen LogP contribution in [0.4, 0.5) is 0 Å². The van der Waals surface area contributed by atoms with Crippen molar-refractivity contribution in [2.45, 2.75) is 32.1 Å². The summed E-state index contributed by atoms with van der Waals surface area (Å²) in [6.07, 6.45) is -0.748. The third-order valence-electron chi connectivity index (χ3n) is 1.83. The molecule has 0 aliphatic carbocycles. The summed E-state index contributed by atoms with van der Waals surface area (Å²) in [6, 6.07) is -0.318. The van der Waals surface area contributed by atoms with Gasteiger partial charge in [-0.25, -0.2) is 0 Å². The normalized spacial score (nSPS) is 12.5. The summed E-state index contributed by atoms with van der Waals surface area (Å²) < 4.78 is 9.87. The number of carbonyl (C=O) groups is 2. The second kappa shape index (κ2) is 7.19. The van der Waals surface area contributed by atoms with Crippen molar-refractivity contribution >= 4 is 11.9 Å². The van der Waals surface area contributed by atoms with E-state index in [0.717, 1.165) is 0 Å². The lowest BCUT2D eigenvalue weighted by atomic mass is 10.2. The Kier molecular flexibility index (Phi) is 6.64. The average Bonchev–Trinajstić information content (AvgIpc) is 2.16. The molecule has 1 unspecified atom stereocenters. The number of nitrogens with one attached hydrogen (secondary N) is 1. The first-order valence-electron chi connectivity index (χ1n) is 4.58. The fraction of sp³-hybridized carbons (Fsp3) is 0.778. The minimum atomic E-state index is -0.993. The molecule has 6 nitrogen and oxygen atoms in total. The summed E-state index contributed by atoms with van der Waals surface area (Å²) >= 11 is 0. The molecule has 0 saturated heterocycles. The van der Waals surface area contributed by atoms with Gasteiger partial charge in [0.1, 0.15) is 0 Å². The van der Waals surface area contributed by atoms with E-state index in [4.69, 9.17) is 14.6 Å². The molecule has 0 aliphatic rings. The molecule has 0 rings (SSSR count). The van der Waals surface area contributed by atoms with Crippen molar-refractivity contribution in [2.75, 3.05) is 14.2 Å². The third kappa shape index (κ3) is 6.03. The highest BCUT2D eigenvalue weighted by molar-refractivity contribution is 5.80. The van der Waals surface area contributed by atoms with Crippen molar-refractivity contribution in [2.24, 2.45) is 0 Å². The van der Waals surface area contributed by atoms with Crippen LogP contribution in [-0.4, -0.2) is 43.5 Å². The van der Waals surface area contributed by atoms with E-state index in [1.807, 2.05) is 0 Å². The summed E-state index contributed by atoms with van der Waals surface area (Å²) in [5.74, 6) is -1.32. The monoisotopic (exact) mass is 219 g/mol. The average molecular weight is 219 g/mol. The van der Waals surface area contributed by atoms with Gasteiger partial charge in [0.2, 0.25) is 5.91 Å². The molecule has 6 heteroatoms. The van der Waals surface area contributed by atoms with Gasteiger partial charge in [-0.3, -0.25) is 9.59 Å². The zero-order chi connectivity index (χ0) is 11.8. The van der Waals surface area contributed by atoms with Gasteiger partial charge in [-0.1, -0.05) is 0 Å². The van der Waals surface area contributed by atoms with Crippen LogP contribution in [0.3, 0.4) is 0 Å². The SMILES string of the molecule is COC(OC)C(C)NC(=O)CCC(=O)O. The Bertz CT molecular complexity index is 215. The Morgan fingerprint density at radius 2 is 1.80 bits per heavy atom. The largest absolute Gasteiger partial charge is 0.481 e. The molecule has 88 valence electrons. The van der Waals surface area contributed by atoms with E-state index < -0.39 is 12.3 Å². The molecular weight excluding hydrogens is 202 g/mol.